The second-order valence-electron chi connectivity index (χ2n) is 8.16. The molecule has 1 aliphatic heterocycles. The Balaban J connectivity index is 1.36. The van der Waals surface area contributed by atoms with E-state index in [1.807, 2.05) is 29.1 Å². The summed E-state index contributed by atoms with van der Waals surface area (Å²) < 4.78 is 1.86. The van der Waals surface area contributed by atoms with Crippen LogP contribution in [0.5, 0.6) is 0 Å². The van der Waals surface area contributed by atoms with Crippen molar-refractivity contribution >= 4 is 0 Å². The van der Waals surface area contributed by atoms with Gasteiger partial charge < -0.3 is 15.7 Å². The number of benzene rings is 2. The van der Waals surface area contributed by atoms with Gasteiger partial charge in [0.05, 0.1) is 18.0 Å². The summed E-state index contributed by atoms with van der Waals surface area (Å²) in [5.74, 6) is 0. The van der Waals surface area contributed by atoms with Crippen molar-refractivity contribution in [3.63, 3.8) is 0 Å². The van der Waals surface area contributed by atoms with Crippen LogP contribution in [0, 0.1) is 0 Å². The molecule has 0 saturated carbocycles. The van der Waals surface area contributed by atoms with Crippen molar-refractivity contribution in [2.45, 2.75) is 43.5 Å². The molecule has 2 aromatic carbocycles. The average Bonchev–Trinajstić information content (AvgIpc) is 3.31. The minimum absolute atomic E-state index is 0.181. The summed E-state index contributed by atoms with van der Waals surface area (Å²) in [6, 6.07) is 18.6. The maximum Gasteiger partial charge on any atom is 0.106 e. The number of aromatic nitrogens is 3. The van der Waals surface area contributed by atoms with Gasteiger partial charge in [-0.1, -0.05) is 59.8 Å². The maximum absolute atomic E-state index is 11.4. The van der Waals surface area contributed by atoms with Crippen LogP contribution < -0.4 is 10.6 Å². The molecule has 6 heteroatoms. The summed E-state index contributed by atoms with van der Waals surface area (Å²) in [6.07, 6.45) is 3.38. The topological polar surface area (TPSA) is 75.0 Å². The number of nitrogens with one attached hydrogen (secondary N) is 2. The fourth-order valence-electron chi connectivity index (χ4n) is 5.03. The van der Waals surface area contributed by atoms with E-state index in [-0.39, 0.29) is 11.5 Å². The molecule has 0 amide bonds. The Kier molecular flexibility index (Phi) is 4.91. The van der Waals surface area contributed by atoms with E-state index >= 15 is 0 Å². The lowest BCUT2D eigenvalue weighted by atomic mass is 9.72. The summed E-state index contributed by atoms with van der Waals surface area (Å²) >= 11 is 0. The Morgan fingerprint density at radius 2 is 1.79 bits per heavy atom. The molecule has 1 fully saturated rings. The lowest BCUT2D eigenvalue weighted by Crippen LogP contribution is -2.47. The summed E-state index contributed by atoms with van der Waals surface area (Å²) in [7, 11) is 0. The first kappa shape index (κ1) is 18.5. The molecule has 1 saturated heterocycles. The Morgan fingerprint density at radius 3 is 2.62 bits per heavy atom. The Bertz CT molecular complexity index is 964. The molecule has 1 spiro atoms. The monoisotopic (exact) mass is 389 g/mol. The number of fused-ring (bicyclic) bond motifs is 2. The fraction of sp³-hybridized carbons (Fsp3) is 0.391. The van der Waals surface area contributed by atoms with E-state index in [0.717, 1.165) is 38.2 Å². The van der Waals surface area contributed by atoms with Crippen LogP contribution >= 0.6 is 0 Å². The normalized spacial score (nSPS) is 22.7. The van der Waals surface area contributed by atoms with E-state index in [2.05, 4.69) is 57.3 Å². The zero-order chi connectivity index (χ0) is 19.7. The Hall–Kier alpha value is -2.54. The molecule has 1 aliphatic carbocycles. The molecule has 29 heavy (non-hydrogen) atoms. The van der Waals surface area contributed by atoms with E-state index in [0.29, 0.717) is 6.54 Å². The third-order valence-electron chi connectivity index (χ3n) is 6.50. The highest BCUT2D eigenvalue weighted by Crippen LogP contribution is 2.51. The van der Waals surface area contributed by atoms with Crippen LogP contribution in [0.15, 0.2) is 60.8 Å². The first-order valence-electron chi connectivity index (χ1n) is 10.4. The third-order valence-corrected chi connectivity index (χ3v) is 6.50. The number of nitrogens with zero attached hydrogens (tertiary/aromatic N) is 3. The smallest absolute Gasteiger partial charge is 0.106 e. The molecule has 150 valence electrons. The zero-order valence-corrected chi connectivity index (χ0v) is 16.5. The van der Waals surface area contributed by atoms with Crippen molar-refractivity contribution in [3.05, 3.63) is 83.2 Å². The molecule has 2 atom stereocenters. The second-order valence-corrected chi connectivity index (χ2v) is 8.16. The standard InChI is InChI=1S/C23H27N5O/c29-22-21(19-8-4-5-9-20(19)23(22)10-12-24-13-11-23)28-16-18(26-27-28)15-25-14-17-6-2-1-3-7-17/h1-9,16,21-22,24-25,29H,10-15H2/t21-,22+/m1/s1. The lowest BCUT2D eigenvalue weighted by molar-refractivity contribution is 0.0421. The fourth-order valence-corrected chi connectivity index (χ4v) is 5.03. The molecule has 1 aromatic heterocycles. The second kappa shape index (κ2) is 7.71. The Morgan fingerprint density at radius 1 is 1.03 bits per heavy atom. The first-order chi connectivity index (χ1) is 14.3. The molecule has 3 aromatic rings. The van der Waals surface area contributed by atoms with Crippen molar-refractivity contribution < 1.29 is 5.11 Å². The van der Waals surface area contributed by atoms with Gasteiger partial charge in [0.1, 0.15) is 6.04 Å². The molecule has 3 N–H and O–H groups in total. The van der Waals surface area contributed by atoms with Gasteiger partial charge in [-0.3, -0.25) is 0 Å². The quantitative estimate of drug-likeness (QED) is 0.624. The summed E-state index contributed by atoms with van der Waals surface area (Å²) in [6.45, 7) is 3.31. The molecule has 6 nitrogen and oxygen atoms in total. The summed E-state index contributed by atoms with van der Waals surface area (Å²) in [5.41, 5.74) is 4.39. The highest BCUT2D eigenvalue weighted by molar-refractivity contribution is 5.45. The minimum Gasteiger partial charge on any atom is -0.390 e. The van der Waals surface area contributed by atoms with Crippen LogP contribution in [0.1, 0.15) is 41.3 Å². The maximum atomic E-state index is 11.4. The van der Waals surface area contributed by atoms with Crippen LogP contribution in [-0.4, -0.2) is 39.3 Å². The van der Waals surface area contributed by atoms with E-state index in [9.17, 15) is 5.11 Å². The van der Waals surface area contributed by atoms with Gasteiger partial charge in [-0.25, -0.2) is 4.68 Å². The van der Waals surface area contributed by atoms with Gasteiger partial charge in [0.15, 0.2) is 0 Å². The summed E-state index contributed by atoms with van der Waals surface area (Å²) in [4.78, 5) is 0. The molecule has 0 unspecified atom stereocenters. The van der Waals surface area contributed by atoms with E-state index in [4.69, 9.17) is 0 Å². The van der Waals surface area contributed by atoms with Gasteiger partial charge in [0, 0.05) is 18.5 Å². The zero-order valence-electron chi connectivity index (χ0n) is 16.5. The number of hydrogen-bond acceptors (Lipinski definition) is 5. The van der Waals surface area contributed by atoms with Gasteiger partial charge in [0.25, 0.3) is 0 Å². The number of aliphatic hydroxyl groups is 1. The molecular formula is C23H27N5O. The van der Waals surface area contributed by atoms with E-state index < -0.39 is 6.10 Å². The average molecular weight is 390 g/mol. The molecule has 0 radical (unpaired) electrons. The van der Waals surface area contributed by atoms with Gasteiger partial charge in [-0.2, -0.15) is 0 Å². The van der Waals surface area contributed by atoms with Crippen molar-refractivity contribution in [1.29, 1.82) is 0 Å². The van der Waals surface area contributed by atoms with Gasteiger partial charge in [-0.15, -0.1) is 5.10 Å². The minimum atomic E-state index is -0.492. The van der Waals surface area contributed by atoms with Gasteiger partial charge in [0.2, 0.25) is 0 Å². The van der Waals surface area contributed by atoms with E-state index in [1.165, 1.54) is 16.7 Å². The Labute approximate surface area is 171 Å². The van der Waals surface area contributed by atoms with Crippen LogP contribution in [0.2, 0.25) is 0 Å². The highest BCUT2D eigenvalue weighted by atomic mass is 16.3. The molecule has 2 heterocycles. The van der Waals surface area contributed by atoms with Crippen molar-refractivity contribution in [2.24, 2.45) is 0 Å². The molecular weight excluding hydrogens is 362 g/mol. The SMILES string of the molecule is O[C@H]1[C@H](n2cc(CNCc3ccccc3)nn2)c2ccccc2C12CCNCC2. The number of aliphatic hydroxyl groups excluding tert-OH is 1. The van der Waals surface area contributed by atoms with Crippen molar-refractivity contribution in [1.82, 2.24) is 25.6 Å². The van der Waals surface area contributed by atoms with Crippen LogP contribution in [0.3, 0.4) is 0 Å². The van der Waals surface area contributed by atoms with Gasteiger partial charge >= 0.3 is 0 Å². The van der Waals surface area contributed by atoms with Gasteiger partial charge in [-0.05, 0) is 42.6 Å². The number of rotatable bonds is 5. The third kappa shape index (κ3) is 3.27. The van der Waals surface area contributed by atoms with Crippen LogP contribution in [-0.2, 0) is 18.5 Å². The molecule has 5 rings (SSSR count). The van der Waals surface area contributed by atoms with E-state index in [1.54, 1.807) is 0 Å². The predicted octanol–water partition coefficient (Wildman–Crippen LogP) is 2.15. The van der Waals surface area contributed by atoms with Crippen LogP contribution in [0.25, 0.3) is 0 Å². The molecule has 0 bridgehead atoms. The summed E-state index contributed by atoms with van der Waals surface area (Å²) in [5, 5.41) is 27.1. The van der Waals surface area contributed by atoms with Crippen molar-refractivity contribution in [2.75, 3.05) is 13.1 Å². The largest absolute Gasteiger partial charge is 0.390 e. The first-order valence-corrected chi connectivity index (χ1v) is 10.4. The number of hydrogen-bond donors (Lipinski definition) is 3. The lowest BCUT2D eigenvalue weighted by Gasteiger charge is -2.38. The number of piperidine rings is 1. The van der Waals surface area contributed by atoms with Crippen molar-refractivity contribution in [3.8, 4) is 0 Å². The predicted molar refractivity (Wildman–Crippen MR) is 111 cm³/mol. The molecule has 2 aliphatic rings. The van der Waals surface area contributed by atoms with Crippen LogP contribution in [0.4, 0.5) is 0 Å². The highest BCUT2D eigenvalue weighted by Gasteiger charge is 2.52.